The average Bonchev–Trinajstić information content (AvgIpc) is 3.19. The molecule has 0 unspecified atom stereocenters. The predicted molar refractivity (Wildman–Crippen MR) is 113 cm³/mol. The Hall–Kier alpha value is -3.77. The van der Waals surface area contributed by atoms with E-state index in [9.17, 15) is 4.79 Å². The number of carbonyl (C=O) groups is 1. The highest BCUT2D eigenvalue weighted by molar-refractivity contribution is 6.30. The summed E-state index contributed by atoms with van der Waals surface area (Å²) in [6, 6.07) is 20.1. The number of benzene rings is 2. The molecule has 2 heterocycles. The molecule has 4 aromatic rings. The van der Waals surface area contributed by atoms with E-state index in [1.54, 1.807) is 47.6 Å². The second-order valence-corrected chi connectivity index (χ2v) is 6.60. The van der Waals surface area contributed by atoms with Gasteiger partial charge in [0.15, 0.2) is 0 Å². The van der Waals surface area contributed by atoms with Crippen LogP contribution in [-0.2, 0) is 0 Å². The molecule has 0 saturated carbocycles. The molecule has 0 atom stereocenters. The lowest BCUT2D eigenvalue weighted by atomic mass is 10.1. The van der Waals surface area contributed by atoms with Crippen LogP contribution in [0.4, 0.5) is 0 Å². The molecule has 29 heavy (non-hydrogen) atoms. The van der Waals surface area contributed by atoms with Crippen LogP contribution in [0, 0.1) is 0 Å². The summed E-state index contributed by atoms with van der Waals surface area (Å²) in [5.74, 6) is -0.323. The van der Waals surface area contributed by atoms with Crippen molar-refractivity contribution in [2.75, 3.05) is 0 Å². The number of carbonyl (C=O) groups excluding carboxylic acids is 1. The van der Waals surface area contributed by atoms with Gasteiger partial charge in [0.1, 0.15) is 5.69 Å². The van der Waals surface area contributed by atoms with Gasteiger partial charge in [0.2, 0.25) is 0 Å². The number of rotatable bonds is 5. The van der Waals surface area contributed by atoms with Crippen molar-refractivity contribution in [3.8, 4) is 16.9 Å². The molecule has 0 aliphatic heterocycles. The number of nitrogens with zero attached hydrogens (tertiary/aromatic N) is 4. The maximum Gasteiger partial charge on any atom is 0.271 e. The Kier molecular flexibility index (Phi) is 5.45. The predicted octanol–water partition coefficient (Wildman–Crippen LogP) is 4.35. The normalized spacial score (nSPS) is 10.9. The molecule has 2 aromatic carbocycles. The summed E-state index contributed by atoms with van der Waals surface area (Å²) in [6.07, 6.45) is 6.87. The number of pyridine rings is 1. The molecule has 0 aliphatic carbocycles. The lowest BCUT2D eigenvalue weighted by Crippen LogP contribution is -2.17. The minimum absolute atomic E-state index is 0.323. The maximum absolute atomic E-state index is 12.2. The summed E-state index contributed by atoms with van der Waals surface area (Å²) in [6.45, 7) is 0. The van der Waals surface area contributed by atoms with Gasteiger partial charge in [0.25, 0.3) is 5.91 Å². The molecule has 1 amide bonds. The van der Waals surface area contributed by atoms with Crippen molar-refractivity contribution in [3.63, 3.8) is 0 Å². The van der Waals surface area contributed by atoms with Crippen molar-refractivity contribution in [2.45, 2.75) is 0 Å². The zero-order valence-corrected chi connectivity index (χ0v) is 16.0. The van der Waals surface area contributed by atoms with Crippen LogP contribution in [0.5, 0.6) is 0 Å². The quantitative estimate of drug-likeness (QED) is 0.399. The molecule has 142 valence electrons. The Labute approximate surface area is 172 Å². The van der Waals surface area contributed by atoms with E-state index in [2.05, 4.69) is 20.6 Å². The van der Waals surface area contributed by atoms with Gasteiger partial charge in [-0.3, -0.25) is 9.78 Å². The fraction of sp³-hybridized carbons (Fsp3) is 0. The van der Waals surface area contributed by atoms with Crippen LogP contribution in [0.25, 0.3) is 16.9 Å². The molecule has 0 radical (unpaired) electrons. The van der Waals surface area contributed by atoms with Crippen LogP contribution < -0.4 is 5.43 Å². The molecule has 6 nitrogen and oxygen atoms in total. The van der Waals surface area contributed by atoms with E-state index >= 15 is 0 Å². The van der Waals surface area contributed by atoms with Gasteiger partial charge in [-0.1, -0.05) is 29.8 Å². The summed E-state index contributed by atoms with van der Waals surface area (Å²) in [5.41, 5.74) is 6.24. The molecule has 0 fully saturated rings. The highest BCUT2D eigenvalue weighted by Crippen LogP contribution is 2.21. The molecule has 0 aliphatic rings. The summed E-state index contributed by atoms with van der Waals surface area (Å²) >= 11 is 5.85. The number of halogens is 1. The molecule has 1 N–H and O–H groups in total. The van der Waals surface area contributed by atoms with Crippen molar-refractivity contribution >= 4 is 23.7 Å². The second kappa shape index (κ2) is 8.50. The third kappa shape index (κ3) is 4.39. The lowest BCUT2D eigenvalue weighted by molar-refractivity contribution is 0.0955. The zero-order valence-electron chi connectivity index (χ0n) is 15.2. The number of aromatic nitrogens is 3. The first kappa shape index (κ1) is 18.6. The smallest absolute Gasteiger partial charge is 0.267 e. The van der Waals surface area contributed by atoms with Crippen LogP contribution in [0.1, 0.15) is 15.9 Å². The van der Waals surface area contributed by atoms with Gasteiger partial charge in [0, 0.05) is 40.3 Å². The third-order valence-electron chi connectivity index (χ3n) is 4.17. The van der Waals surface area contributed by atoms with Gasteiger partial charge >= 0.3 is 0 Å². The van der Waals surface area contributed by atoms with Gasteiger partial charge in [-0.05, 0) is 48.5 Å². The van der Waals surface area contributed by atoms with Crippen LogP contribution in [0.2, 0.25) is 5.02 Å². The van der Waals surface area contributed by atoms with E-state index in [1.165, 1.54) is 0 Å². The fourth-order valence-electron chi connectivity index (χ4n) is 2.75. The van der Waals surface area contributed by atoms with Gasteiger partial charge in [-0.15, -0.1) is 0 Å². The third-order valence-corrected chi connectivity index (χ3v) is 4.43. The minimum atomic E-state index is -0.323. The first-order chi connectivity index (χ1) is 14.2. The van der Waals surface area contributed by atoms with Crippen LogP contribution >= 0.6 is 11.6 Å². The summed E-state index contributed by atoms with van der Waals surface area (Å²) in [4.78, 5) is 16.4. The number of hydrogen-bond acceptors (Lipinski definition) is 4. The molecule has 0 saturated heterocycles. The number of hydrogen-bond donors (Lipinski definition) is 1. The molecular formula is C22H16ClN5O. The fourth-order valence-corrected chi connectivity index (χ4v) is 2.87. The van der Waals surface area contributed by atoms with Crippen molar-refractivity contribution < 1.29 is 4.79 Å². The lowest BCUT2D eigenvalue weighted by Gasteiger charge is -2.00. The van der Waals surface area contributed by atoms with Crippen molar-refractivity contribution in [3.05, 3.63) is 101 Å². The summed E-state index contributed by atoms with van der Waals surface area (Å²) in [7, 11) is 0. The topological polar surface area (TPSA) is 72.2 Å². The van der Waals surface area contributed by atoms with E-state index in [1.807, 2.05) is 48.7 Å². The van der Waals surface area contributed by atoms with Gasteiger partial charge in [-0.2, -0.15) is 10.2 Å². The maximum atomic E-state index is 12.2. The van der Waals surface area contributed by atoms with Crippen LogP contribution in [-0.4, -0.2) is 26.9 Å². The molecular weight excluding hydrogens is 386 g/mol. The van der Waals surface area contributed by atoms with Crippen LogP contribution in [0.15, 0.2) is 90.4 Å². The monoisotopic (exact) mass is 401 g/mol. The van der Waals surface area contributed by atoms with E-state index in [0.29, 0.717) is 16.3 Å². The van der Waals surface area contributed by atoms with Gasteiger partial charge in [0.05, 0.1) is 11.9 Å². The van der Waals surface area contributed by atoms with Crippen molar-refractivity contribution in [1.82, 2.24) is 20.2 Å². The first-order valence-corrected chi connectivity index (χ1v) is 9.23. The van der Waals surface area contributed by atoms with Crippen molar-refractivity contribution in [1.29, 1.82) is 0 Å². The Balaban J connectivity index is 1.61. The highest BCUT2D eigenvalue weighted by Gasteiger charge is 2.11. The minimum Gasteiger partial charge on any atom is -0.267 e. The second-order valence-electron chi connectivity index (χ2n) is 6.16. The van der Waals surface area contributed by atoms with Gasteiger partial charge < -0.3 is 0 Å². The SMILES string of the molecule is O=C(N/N=C/c1cn(-c2ccccc2)nc1-c1cccnc1)c1ccc(Cl)cc1. The van der Waals surface area contributed by atoms with Crippen molar-refractivity contribution in [2.24, 2.45) is 5.10 Å². The molecule has 4 rings (SSSR count). The Morgan fingerprint density at radius 1 is 1.03 bits per heavy atom. The highest BCUT2D eigenvalue weighted by atomic mass is 35.5. The molecule has 0 spiro atoms. The first-order valence-electron chi connectivity index (χ1n) is 8.85. The Bertz CT molecular complexity index is 1140. The summed E-state index contributed by atoms with van der Waals surface area (Å²) in [5, 5.41) is 9.35. The standard InChI is InChI=1S/C22H16ClN5O/c23-19-10-8-16(9-11-19)22(29)26-25-14-18-15-28(20-6-2-1-3-7-20)27-21(18)17-5-4-12-24-13-17/h1-15H,(H,26,29)/b25-14+. The van der Waals surface area contributed by atoms with Crippen LogP contribution in [0.3, 0.4) is 0 Å². The number of amides is 1. The number of nitrogens with one attached hydrogen (secondary N) is 1. The molecule has 0 bridgehead atoms. The number of hydrazone groups is 1. The summed E-state index contributed by atoms with van der Waals surface area (Å²) < 4.78 is 1.77. The van der Waals surface area contributed by atoms with E-state index in [0.717, 1.165) is 16.8 Å². The van der Waals surface area contributed by atoms with Gasteiger partial charge in [-0.25, -0.2) is 10.1 Å². The largest absolute Gasteiger partial charge is 0.271 e. The Morgan fingerprint density at radius 2 is 1.83 bits per heavy atom. The number of para-hydroxylation sites is 1. The Morgan fingerprint density at radius 3 is 2.55 bits per heavy atom. The molecule has 2 aromatic heterocycles. The molecule has 7 heteroatoms. The zero-order chi connectivity index (χ0) is 20.1. The average molecular weight is 402 g/mol. The van der Waals surface area contributed by atoms with E-state index in [-0.39, 0.29) is 5.91 Å². The van der Waals surface area contributed by atoms with E-state index in [4.69, 9.17) is 11.6 Å². The van der Waals surface area contributed by atoms with E-state index < -0.39 is 0 Å².